The second-order valence-corrected chi connectivity index (χ2v) is 9.29. The molecule has 0 amide bonds. The van der Waals surface area contributed by atoms with Crippen LogP contribution in [0.3, 0.4) is 0 Å². The van der Waals surface area contributed by atoms with Gasteiger partial charge in [0.05, 0.1) is 16.6 Å². The van der Waals surface area contributed by atoms with Gasteiger partial charge in [0.2, 0.25) is 0 Å². The molecule has 0 aliphatic carbocycles. The fourth-order valence-corrected chi connectivity index (χ4v) is 5.40. The van der Waals surface area contributed by atoms with Crippen molar-refractivity contribution in [2.45, 2.75) is 0 Å². The summed E-state index contributed by atoms with van der Waals surface area (Å²) in [7, 11) is 0. The molecule has 0 atom stereocenters. The highest BCUT2D eigenvalue weighted by molar-refractivity contribution is 9.10. The fraction of sp³-hybridized carbons (Fsp3) is 0. The average Bonchev–Trinajstić information content (AvgIpc) is 3.36. The van der Waals surface area contributed by atoms with Crippen LogP contribution >= 0.6 is 15.9 Å². The first-order valence-electron chi connectivity index (χ1n) is 10.8. The zero-order valence-corrected chi connectivity index (χ0v) is 18.8. The molecule has 0 saturated heterocycles. The van der Waals surface area contributed by atoms with E-state index in [1.54, 1.807) is 0 Å². The number of rotatable bonds is 2. The van der Waals surface area contributed by atoms with Gasteiger partial charge in [-0.1, -0.05) is 88.7 Å². The molecule has 150 valence electrons. The van der Waals surface area contributed by atoms with E-state index in [9.17, 15) is 0 Å². The number of halogens is 1. The van der Waals surface area contributed by atoms with Crippen molar-refractivity contribution in [2.24, 2.45) is 0 Å². The molecule has 0 fully saturated rings. The van der Waals surface area contributed by atoms with E-state index in [0.717, 1.165) is 4.47 Å². The van der Waals surface area contributed by atoms with Crippen molar-refractivity contribution in [1.82, 2.24) is 4.40 Å². The van der Waals surface area contributed by atoms with Crippen molar-refractivity contribution in [3.8, 4) is 22.3 Å². The van der Waals surface area contributed by atoms with Gasteiger partial charge in [-0.3, -0.25) is 0 Å². The van der Waals surface area contributed by atoms with Crippen LogP contribution < -0.4 is 0 Å². The monoisotopic (exact) mass is 471 g/mol. The van der Waals surface area contributed by atoms with Crippen LogP contribution in [0.1, 0.15) is 0 Å². The Hall–Kier alpha value is -3.62. The van der Waals surface area contributed by atoms with E-state index in [1.165, 1.54) is 60.3 Å². The van der Waals surface area contributed by atoms with Crippen molar-refractivity contribution >= 4 is 54.0 Å². The van der Waals surface area contributed by atoms with Gasteiger partial charge in [-0.05, 0) is 58.7 Å². The second-order valence-electron chi connectivity index (χ2n) is 8.37. The molecule has 2 aromatic heterocycles. The van der Waals surface area contributed by atoms with E-state index in [4.69, 9.17) is 0 Å². The van der Waals surface area contributed by atoms with Gasteiger partial charge in [0.1, 0.15) is 0 Å². The Morgan fingerprint density at radius 2 is 1.03 bits per heavy atom. The van der Waals surface area contributed by atoms with Gasteiger partial charge < -0.3 is 4.40 Å². The third-order valence-corrected chi connectivity index (χ3v) is 7.12. The predicted molar refractivity (Wildman–Crippen MR) is 140 cm³/mol. The Balaban J connectivity index is 1.47. The fourth-order valence-electron chi connectivity index (χ4n) is 5.13. The van der Waals surface area contributed by atoms with E-state index in [1.807, 2.05) is 0 Å². The first kappa shape index (κ1) is 18.0. The van der Waals surface area contributed by atoms with Crippen LogP contribution in [0.2, 0.25) is 0 Å². The van der Waals surface area contributed by atoms with Crippen LogP contribution in [0.4, 0.5) is 0 Å². The van der Waals surface area contributed by atoms with Crippen LogP contribution in [0, 0.1) is 0 Å². The van der Waals surface area contributed by atoms with E-state index in [0.29, 0.717) is 0 Å². The summed E-state index contributed by atoms with van der Waals surface area (Å²) in [5.74, 6) is 0. The molecule has 5 aromatic carbocycles. The van der Waals surface area contributed by atoms with Crippen molar-refractivity contribution in [3.05, 3.63) is 114 Å². The molecule has 0 bridgehead atoms. The normalized spacial score (nSPS) is 11.9. The van der Waals surface area contributed by atoms with Gasteiger partial charge in [-0.15, -0.1) is 0 Å². The Morgan fingerprint density at radius 3 is 1.88 bits per heavy atom. The first-order chi connectivity index (χ1) is 15.8. The minimum Gasteiger partial charge on any atom is -0.308 e. The topological polar surface area (TPSA) is 4.41 Å². The van der Waals surface area contributed by atoms with Crippen molar-refractivity contribution < 1.29 is 0 Å². The lowest BCUT2D eigenvalue weighted by molar-refractivity contribution is 1.37. The number of para-hydroxylation sites is 2. The van der Waals surface area contributed by atoms with E-state index < -0.39 is 0 Å². The Labute approximate surface area is 194 Å². The first-order valence-corrected chi connectivity index (χ1v) is 11.6. The lowest BCUT2D eigenvalue weighted by atomic mass is 9.98. The molecule has 0 spiro atoms. The number of nitrogens with zero attached hydrogens (tertiary/aromatic N) is 1. The van der Waals surface area contributed by atoms with Gasteiger partial charge in [-0.25, -0.2) is 0 Å². The highest BCUT2D eigenvalue weighted by Gasteiger charge is 2.17. The van der Waals surface area contributed by atoms with Gasteiger partial charge in [0.15, 0.2) is 0 Å². The van der Waals surface area contributed by atoms with Crippen LogP contribution in [-0.2, 0) is 0 Å². The van der Waals surface area contributed by atoms with E-state index in [-0.39, 0.29) is 0 Å². The van der Waals surface area contributed by atoms with Crippen LogP contribution in [0.25, 0.3) is 60.3 Å². The highest BCUT2D eigenvalue weighted by atomic mass is 79.9. The highest BCUT2D eigenvalue weighted by Crippen LogP contribution is 2.40. The quantitative estimate of drug-likeness (QED) is 0.237. The molecule has 0 aliphatic rings. The van der Waals surface area contributed by atoms with Crippen molar-refractivity contribution in [3.63, 3.8) is 0 Å². The largest absolute Gasteiger partial charge is 0.308 e. The third-order valence-electron chi connectivity index (χ3n) is 6.60. The third kappa shape index (κ3) is 2.50. The lowest BCUT2D eigenvalue weighted by Gasteiger charge is -2.07. The summed E-state index contributed by atoms with van der Waals surface area (Å²) in [6.07, 6.45) is 0. The Kier molecular flexibility index (Phi) is 3.76. The summed E-state index contributed by atoms with van der Waals surface area (Å²) in [4.78, 5) is 0. The van der Waals surface area contributed by atoms with Crippen LogP contribution in [-0.4, -0.2) is 4.40 Å². The number of aromatic nitrogens is 1. The zero-order chi connectivity index (χ0) is 21.2. The summed E-state index contributed by atoms with van der Waals surface area (Å²) in [5, 5.41) is 5.27. The van der Waals surface area contributed by atoms with Gasteiger partial charge >= 0.3 is 0 Å². The standard InChI is InChI=1S/C30H18BrN/c31-23-14-11-19(12-15-23)20-5-3-6-21(17-20)22-13-16-29-27(18-22)26-9-4-8-25-24-7-1-2-10-28(24)32(29)30(25)26/h1-18H. The molecule has 0 N–H and O–H groups in total. The van der Waals surface area contributed by atoms with Crippen LogP contribution in [0.15, 0.2) is 114 Å². The lowest BCUT2D eigenvalue weighted by Crippen LogP contribution is -1.83. The summed E-state index contributed by atoms with van der Waals surface area (Å²) in [5.41, 5.74) is 8.81. The van der Waals surface area contributed by atoms with Gasteiger partial charge in [0.25, 0.3) is 0 Å². The minimum absolute atomic E-state index is 1.10. The number of benzene rings is 5. The molecule has 0 saturated carbocycles. The molecular weight excluding hydrogens is 454 g/mol. The summed E-state index contributed by atoms with van der Waals surface area (Å²) < 4.78 is 3.53. The maximum Gasteiger partial charge on any atom is 0.0620 e. The van der Waals surface area contributed by atoms with E-state index >= 15 is 0 Å². The molecule has 1 nitrogen and oxygen atoms in total. The number of fused-ring (bicyclic) bond motifs is 6. The Bertz CT molecular complexity index is 1770. The summed E-state index contributed by atoms with van der Waals surface area (Å²) >= 11 is 3.53. The molecule has 2 heteroatoms. The maximum absolute atomic E-state index is 3.53. The molecule has 0 unspecified atom stereocenters. The van der Waals surface area contributed by atoms with Crippen molar-refractivity contribution in [2.75, 3.05) is 0 Å². The van der Waals surface area contributed by atoms with E-state index in [2.05, 4.69) is 130 Å². The molecule has 0 aliphatic heterocycles. The number of hydrogen-bond acceptors (Lipinski definition) is 0. The van der Waals surface area contributed by atoms with Crippen molar-refractivity contribution in [1.29, 1.82) is 0 Å². The molecular formula is C30H18BrN. The molecule has 0 radical (unpaired) electrons. The van der Waals surface area contributed by atoms with Crippen LogP contribution in [0.5, 0.6) is 0 Å². The summed E-state index contributed by atoms with van der Waals surface area (Å²) in [6.45, 7) is 0. The molecule has 2 heterocycles. The second kappa shape index (κ2) is 6.69. The average molecular weight is 472 g/mol. The maximum atomic E-state index is 3.53. The number of hydrogen-bond donors (Lipinski definition) is 0. The molecule has 7 rings (SSSR count). The molecule has 7 aromatic rings. The van der Waals surface area contributed by atoms with Gasteiger partial charge in [-0.2, -0.15) is 0 Å². The Morgan fingerprint density at radius 1 is 0.438 bits per heavy atom. The van der Waals surface area contributed by atoms with Gasteiger partial charge in [0, 0.05) is 26.0 Å². The SMILES string of the molecule is Brc1ccc(-c2cccc(-c3ccc4c(c3)c3cccc5c6ccccc6n4c53)c2)cc1. The zero-order valence-electron chi connectivity index (χ0n) is 17.2. The minimum atomic E-state index is 1.10. The predicted octanol–water partition coefficient (Wildman–Crippen LogP) is 8.93. The summed E-state index contributed by atoms with van der Waals surface area (Å²) in [6, 6.07) is 39.6. The smallest absolute Gasteiger partial charge is 0.0620 e. The molecule has 32 heavy (non-hydrogen) atoms.